The van der Waals surface area contributed by atoms with E-state index in [9.17, 15) is 45.5 Å². The number of hydrogen-bond donors (Lipinski definition) is 0. The normalized spacial score (nSPS) is 21.8. The first-order chi connectivity index (χ1) is 24.2. The Labute approximate surface area is 415 Å². The van der Waals surface area contributed by atoms with Gasteiger partial charge in [0.1, 0.15) is 11.4 Å². The molecule has 2 aromatic carbocycles. The molecule has 2 saturated heterocycles. The molecular formula is C30H38N4Na4O14P2S2. The van der Waals surface area contributed by atoms with Crippen LogP contribution in [0.1, 0.15) is 62.8 Å². The van der Waals surface area contributed by atoms with Gasteiger partial charge in [0.2, 0.25) is 33.6 Å². The van der Waals surface area contributed by atoms with Crippen molar-refractivity contribution in [2.75, 3.05) is 39.8 Å². The molecule has 56 heavy (non-hydrogen) atoms. The van der Waals surface area contributed by atoms with Gasteiger partial charge in [0.25, 0.3) is 0 Å². The monoisotopic (exact) mass is 896 g/mol. The molecule has 0 spiro atoms. The van der Waals surface area contributed by atoms with E-state index in [1.807, 2.05) is 27.7 Å². The van der Waals surface area contributed by atoms with Crippen LogP contribution in [-0.4, -0.2) is 76.6 Å². The molecule has 2 heterocycles. The first-order valence-corrected chi connectivity index (χ1v) is 22.0. The first kappa shape index (κ1) is 55.4. The molecule has 0 N–H and O–H groups in total. The Bertz CT molecular complexity index is 1940. The predicted molar refractivity (Wildman–Crippen MR) is 177 cm³/mol. The Morgan fingerprint density at radius 1 is 0.589 bits per heavy atom. The SMILES string of the molecule is C[C@@H]1C[C@H](C)CN(S(=O)(=O)c2ccc3c(c2)C(=NOCOP(=O)([O-])[O-])c2cc(S(=O)(=O)N4C[C@H](C)C[C@H](C)C4)ccc2C3=NOCOP(=O)([O-])[O-])C1.[Na+].[Na+].[Na+].[Na+]. The average molecular weight is 897 g/mol. The number of fused-ring (bicyclic) bond motifs is 2. The molecule has 0 aromatic heterocycles. The molecule has 2 aromatic rings. The smallest absolute Gasteiger partial charge is 0.790 e. The van der Waals surface area contributed by atoms with Gasteiger partial charge in [0.15, 0.2) is 0 Å². The van der Waals surface area contributed by atoms with Crippen LogP contribution in [0.25, 0.3) is 0 Å². The number of phosphoric acid groups is 2. The van der Waals surface area contributed by atoms with Crippen molar-refractivity contribution in [2.45, 2.75) is 50.3 Å². The van der Waals surface area contributed by atoms with Gasteiger partial charge in [-0.05, 0) is 60.8 Å². The molecule has 1 aliphatic carbocycles. The number of rotatable bonds is 12. The van der Waals surface area contributed by atoms with E-state index in [4.69, 9.17) is 9.68 Å². The molecular weight excluding hydrogens is 858 g/mol. The van der Waals surface area contributed by atoms with Crippen molar-refractivity contribution in [1.29, 1.82) is 0 Å². The van der Waals surface area contributed by atoms with E-state index < -0.39 is 49.3 Å². The molecule has 0 unspecified atom stereocenters. The summed E-state index contributed by atoms with van der Waals surface area (Å²) in [7, 11) is -19.2. The van der Waals surface area contributed by atoms with E-state index in [0.29, 0.717) is 0 Å². The van der Waals surface area contributed by atoms with Gasteiger partial charge < -0.3 is 47.4 Å². The summed E-state index contributed by atoms with van der Waals surface area (Å²) in [5.74, 6) is 0.313. The number of benzene rings is 2. The van der Waals surface area contributed by atoms with Crippen LogP contribution >= 0.6 is 15.6 Å². The minimum absolute atomic E-state index is 0. The fourth-order valence-corrected chi connectivity index (χ4v) is 10.7. The molecule has 26 heteroatoms. The van der Waals surface area contributed by atoms with E-state index in [-0.39, 0.29) is 212 Å². The van der Waals surface area contributed by atoms with Crippen LogP contribution in [0.2, 0.25) is 0 Å². The fraction of sp³-hybridized carbons (Fsp3) is 0.533. The van der Waals surface area contributed by atoms with Crippen LogP contribution in [0.15, 0.2) is 56.5 Å². The van der Waals surface area contributed by atoms with Crippen molar-refractivity contribution in [1.82, 2.24) is 8.61 Å². The van der Waals surface area contributed by atoms with Gasteiger partial charge in [-0.2, -0.15) is 8.61 Å². The third-order valence-corrected chi connectivity index (χ3v) is 13.3. The Morgan fingerprint density at radius 3 is 1.20 bits per heavy atom. The summed E-state index contributed by atoms with van der Waals surface area (Å²) >= 11 is 0. The molecule has 0 saturated carbocycles. The van der Waals surface area contributed by atoms with Gasteiger partial charge in [-0.1, -0.05) is 50.1 Å². The van der Waals surface area contributed by atoms with Crippen LogP contribution in [-0.2, 0) is 47.9 Å². The molecule has 3 aliphatic rings. The number of hydrogen-bond acceptors (Lipinski definition) is 16. The predicted octanol–water partition coefficient (Wildman–Crippen LogP) is -11.5. The summed E-state index contributed by atoms with van der Waals surface area (Å²) in [6, 6.07) is 7.85. The Balaban J connectivity index is 0.00000392. The molecule has 2 aliphatic heterocycles. The topological polar surface area (TPSA) is 263 Å². The van der Waals surface area contributed by atoms with Crippen molar-refractivity contribution in [3.8, 4) is 0 Å². The van der Waals surface area contributed by atoms with Gasteiger partial charge in [0, 0.05) is 48.4 Å². The molecule has 288 valence electrons. The van der Waals surface area contributed by atoms with Crippen molar-refractivity contribution < 1.29 is 182 Å². The zero-order valence-electron chi connectivity index (χ0n) is 32.6. The standard InChI is InChI=1S/C30H42N4O14P2S2.4Na/c1-19-9-20(2)14-33(13-19)51(41,42)23-5-7-25-27(11-23)30(32-46-18-48-50(38,39)40)28-12-24(52(43,44)34-15-21(3)10-22(4)16-34)6-8-26(28)29(25)31-45-17-47-49(35,36)37;;;;/h5-8,11-12,19-22H,9-10,13-18H2,1-4H3,(H2,35,36,37)(H2,38,39,40);;;;/q;4*+1/p-4/t19-,20+,21-,22+;;;;. The maximum absolute atomic E-state index is 14.0. The Kier molecular flexibility index (Phi) is 22.4. The Morgan fingerprint density at radius 2 is 0.893 bits per heavy atom. The average Bonchev–Trinajstić information content (AvgIpc) is 3.03. The van der Waals surface area contributed by atoms with E-state index >= 15 is 0 Å². The van der Waals surface area contributed by atoms with E-state index in [0.717, 1.165) is 12.8 Å². The van der Waals surface area contributed by atoms with Crippen LogP contribution in [0.5, 0.6) is 0 Å². The summed E-state index contributed by atoms with van der Waals surface area (Å²) in [4.78, 5) is 53.9. The quantitative estimate of drug-likeness (QED) is 0.0538. The number of nitrogens with zero attached hydrogens (tertiary/aromatic N) is 4. The second-order valence-corrected chi connectivity index (χ2v) is 19.7. The minimum Gasteiger partial charge on any atom is -0.790 e. The zero-order chi connectivity index (χ0) is 38.2. The molecule has 18 nitrogen and oxygen atoms in total. The van der Waals surface area contributed by atoms with Crippen molar-refractivity contribution in [3.05, 3.63) is 58.7 Å². The van der Waals surface area contributed by atoms with E-state index in [1.165, 1.54) is 45.0 Å². The van der Waals surface area contributed by atoms with Crippen molar-refractivity contribution in [2.24, 2.45) is 34.0 Å². The third-order valence-electron chi connectivity index (χ3n) is 8.79. The second kappa shape index (κ2) is 22.7. The van der Waals surface area contributed by atoms with E-state index in [1.54, 1.807) is 0 Å². The first-order valence-electron chi connectivity index (χ1n) is 16.2. The number of oxime groups is 2. The van der Waals surface area contributed by atoms with Crippen LogP contribution in [0.4, 0.5) is 0 Å². The van der Waals surface area contributed by atoms with Gasteiger partial charge in [0.05, 0.1) is 25.4 Å². The Hall–Kier alpha value is 1.42. The molecule has 0 bridgehead atoms. The summed E-state index contributed by atoms with van der Waals surface area (Å²) < 4.78 is 89.0. The summed E-state index contributed by atoms with van der Waals surface area (Å²) in [6.07, 6.45) is 1.67. The summed E-state index contributed by atoms with van der Waals surface area (Å²) in [6.45, 7) is 6.54. The third kappa shape index (κ3) is 14.2. The summed E-state index contributed by atoms with van der Waals surface area (Å²) in [5.41, 5.74) is 0.0116. The number of phosphoric ester groups is 2. The van der Waals surface area contributed by atoms with Gasteiger partial charge in [-0.25, -0.2) is 16.8 Å². The van der Waals surface area contributed by atoms with Crippen LogP contribution in [0, 0.1) is 23.7 Å². The second-order valence-electron chi connectivity index (χ2n) is 13.5. The molecule has 0 amide bonds. The van der Waals surface area contributed by atoms with Crippen LogP contribution in [0.3, 0.4) is 0 Å². The molecule has 2 fully saturated rings. The number of piperidine rings is 2. The van der Waals surface area contributed by atoms with Crippen molar-refractivity contribution >= 4 is 47.1 Å². The van der Waals surface area contributed by atoms with E-state index in [2.05, 4.69) is 19.4 Å². The van der Waals surface area contributed by atoms with Gasteiger partial charge in [-0.15, -0.1) is 0 Å². The maximum atomic E-state index is 14.0. The maximum Gasteiger partial charge on any atom is 1.00 e. The zero-order valence-corrected chi connectivity index (χ0v) is 44.1. The fourth-order valence-electron chi connectivity index (χ4n) is 6.92. The summed E-state index contributed by atoms with van der Waals surface area (Å²) in [5, 5.41) is 7.96. The van der Waals surface area contributed by atoms with Gasteiger partial charge in [-0.3, -0.25) is 0 Å². The largest absolute Gasteiger partial charge is 1.00 e. The van der Waals surface area contributed by atoms with Crippen LogP contribution < -0.4 is 138 Å². The molecule has 0 radical (unpaired) electrons. The number of sulfonamides is 2. The molecule has 5 rings (SSSR count). The van der Waals surface area contributed by atoms with Gasteiger partial charge >= 0.3 is 118 Å². The van der Waals surface area contributed by atoms with Crippen molar-refractivity contribution in [3.63, 3.8) is 0 Å². The minimum atomic E-state index is -5.49. The molecule has 4 atom stereocenters.